The summed E-state index contributed by atoms with van der Waals surface area (Å²) in [6.45, 7) is 3.09. The van der Waals surface area contributed by atoms with Crippen LogP contribution in [0.3, 0.4) is 0 Å². The molecule has 1 fully saturated rings. The maximum atomic E-state index is 13.0. The third-order valence-corrected chi connectivity index (χ3v) is 5.00. The Kier molecular flexibility index (Phi) is 4.61. The number of likely N-dealkylation sites (tertiary alicyclic amines) is 1. The molecule has 128 valence electrons. The van der Waals surface area contributed by atoms with Crippen LogP contribution in [0, 0.1) is 5.82 Å². The summed E-state index contributed by atoms with van der Waals surface area (Å²) in [4.78, 5) is 10.3. The number of benzene rings is 2. The summed E-state index contributed by atoms with van der Waals surface area (Å²) in [6.07, 6.45) is 4.29. The Hall–Kier alpha value is -2.46. The Balaban J connectivity index is 1.35. The van der Waals surface area contributed by atoms with Gasteiger partial charge in [-0.05, 0) is 61.7 Å². The second-order valence-corrected chi connectivity index (χ2v) is 6.73. The monoisotopic (exact) mass is 335 g/mol. The lowest BCUT2D eigenvalue weighted by atomic mass is 9.89. The summed E-state index contributed by atoms with van der Waals surface area (Å²) >= 11 is 0. The molecule has 2 heterocycles. The van der Waals surface area contributed by atoms with Crippen molar-refractivity contribution in [2.45, 2.75) is 25.3 Å². The first kappa shape index (κ1) is 16.0. The van der Waals surface area contributed by atoms with Crippen molar-refractivity contribution in [1.29, 1.82) is 0 Å². The smallest absolute Gasteiger partial charge is 0.137 e. The van der Waals surface area contributed by atoms with Crippen LogP contribution in [-0.2, 0) is 6.54 Å². The highest BCUT2D eigenvalue weighted by Crippen LogP contribution is 2.28. The van der Waals surface area contributed by atoms with Crippen LogP contribution >= 0.6 is 0 Å². The number of nitrogens with zero attached hydrogens (tertiary/aromatic N) is 2. The lowest BCUT2D eigenvalue weighted by Gasteiger charge is -2.31. The van der Waals surface area contributed by atoms with Crippen molar-refractivity contribution in [1.82, 2.24) is 14.9 Å². The van der Waals surface area contributed by atoms with Gasteiger partial charge in [0.25, 0.3) is 0 Å². The summed E-state index contributed by atoms with van der Waals surface area (Å²) in [5.41, 5.74) is 3.48. The van der Waals surface area contributed by atoms with Gasteiger partial charge in [-0.25, -0.2) is 9.37 Å². The number of imidazole rings is 1. The maximum Gasteiger partial charge on any atom is 0.137 e. The molecule has 3 aromatic rings. The van der Waals surface area contributed by atoms with Crippen molar-refractivity contribution in [2.24, 2.45) is 0 Å². The lowest BCUT2D eigenvalue weighted by molar-refractivity contribution is 0.203. The first-order chi connectivity index (χ1) is 12.3. The third kappa shape index (κ3) is 3.80. The molecule has 1 aliphatic heterocycles. The Morgan fingerprint density at radius 2 is 1.72 bits per heavy atom. The molecule has 3 nitrogen and oxygen atoms in total. The van der Waals surface area contributed by atoms with Gasteiger partial charge in [-0.1, -0.05) is 30.3 Å². The van der Waals surface area contributed by atoms with Crippen LogP contribution in [0.4, 0.5) is 4.39 Å². The third-order valence-electron chi connectivity index (χ3n) is 5.00. The highest BCUT2D eigenvalue weighted by atomic mass is 19.1. The van der Waals surface area contributed by atoms with Gasteiger partial charge in [0.05, 0.1) is 0 Å². The number of aromatic amines is 1. The Morgan fingerprint density at radius 1 is 1.00 bits per heavy atom. The number of halogens is 1. The molecule has 0 unspecified atom stereocenters. The van der Waals surface area contributed by atoms with E-state index in [0.29, 0.717) is 5.92 Å². The maximum absolute atomic E-state index is 13.0. The molecule has 1 aliphatic rings. The van der Waals surface area contributed by atoms with Crippen LogP contribution < -0.4 is 0 Å². The van der Waals surface area contributed by atoms with Crippen LogP contribution in [0.15, 0.2) is 60.8 Å². The Bertz CT molecular complexity index is 803. The molecule has 4 rings (SSSR count). The van der Waals surface area contributed by atoms with Gasteiger partial charge >= 0.3 is 0 Å². The molecule has 1 aromatic heterocycles. The van der Waals surface area contributed by atoms with Crippen LogP contribution in [0.1, 0.15) is 30.0 Å². The second-order valence-electron chi connectivity index (χ2n) is 6.73. The van der Waals surface area contributed by atoms with E-state index in [2.05, 4.69) is 45.2 Å². The molecule has 1 saturated heterocycles. The average Bonchev–Trinajstić information content (AvgIpc) is 3.12. The Labute approximate surface area is 147 Å². The van der Waals surface area contributed by atoms with Gasteiger partial charge in [-0.3, -0.25) is 4.90 Å². The number of aromatic nitrogens is 2. The summed E-state index contributed by atoms with van der Waals surface area (Å²) < 4.78 is 13.0. The van der Waals surface area contributed by atoms with Crippen molar-refractivity contribution >= 4 is 0 Å². The number of hydrogen-bond acceptors (Lipinski definition) is 2. The molecular weight excluding hydrogens is 313 g/mol. The molecule has 2 aromatic carbocycles. The normalized spacial score (nSPS) is 16.2. The van der Waals surface area contributed by atoms with Gasteiger partial charge in [0, 0.05) is 24.0 Å². The predicted molar refractivity (Wildman–Crippen MR) is 97.7 cm³/mol. The number of rotatable bonds is 4. The number of hydrogen-bond donors (Lipinski definition) is 1. The average molecular weight is 335 g/mol. The fraction of sp³-hybridized carbons (Fsp3) is 0.286. The zero-order valence-corrected chi connectivity index (χ0v) is 14.2. The standard InChI is InChI=1S/C21H22FN3/c22-19-8-6-18(7-9-19)21-23-14-20(24-21)15-25-12-10-17(11-13-25)16-4-2-1-3-5-16/h1-9,14,17H,10-13,15H2,(H,23,24). The van der Waals surface area contributed by atoms with E-state index < -0.39 is 0 Å². The van der Waals surface area contributed by atoms with Gasteiger partial charge in [0.15, 0.2) is 0 Å². The second kappa shape index (κ2) is 7.19. The molecule has 0 aliphatic carbocycles. The summed E-state index contributed by atoms with van der Waals surface area (Å²) in [5.74, 6) is 1.25. The first-order valence-corrected chi connectivity index (χ1v) is 8.85. The van der Waals surface area contributed by atoms with E-state index >= 15 is 0 Å². The van der Waals surface area contributed by atoms with Crippen LogP contribution in [0.25, 0.3) is 11.4 Å². The zero-order valence-electron chi connectivity index (χ0n) is 14.2. The summed E-state index contributed by atoms with van der Waals surface area (Å²) in [5, 5.41) is 0. The molecule has 0 radical (unpaired) electrons. The van der Waals surface area contributed by atoms with Crippen molar-refractivity contribution in [2.75, 3.05) is 13.1 Å². The van der Waals surface area contributed by atoms with E-state index in [1.807, 2.05) is 6.20 Å². The molecule has 0 atom stereocenters. The molecule has 25 heavy (non-hydrogen) atoms. The largest absolute Gasteiger partial charge is 0.341 e. The zero-order chi connectivity index (χ0) is 17.1. The van der Waals surface area contributed by atoms with Gasteiger partial charge in [-0.2, -0.15) is 0 Å². The van der Waals surface area contributed by atoms with Crippen LogP contribution in [0.5, 0.6) is 0 Å². The first-order valence-electron chi connectivity index (χ1n) is 8.85. The summed E-state index contributed by atoms with van der Waals surface area (Å²) in [6, 6.07) is 17.3. The molecule has 4 heteroatoms. The van der Waals surface area contributed by atoms with E-state index in [-0.39, 0.29) is 5.82 Å². The minimum absolute atomic E-state index is 0.225. The summed E-state index contributed by atoms with van der Waals surface area (Å²) in [7, 11) is 0. The van der Waals surface area contributed by atoms with Crippen molar-refractivity contribution < 1.29 is 4.39 Å². The van der Waals surface area contributed by atoms with E-state index in [4.69, 9.17) is 0 Å². The van der Waals surface area contributed by atoms with E-state index in [9.17, 15) is 4.39 Å². The predicted octanol–water partition coefficient (Wildman–Crippen LogP) is 4.60. The van der Waals surface area contributed by atoms with Gasteiger partial charge in [-0.15, -0.1) is 0 Å². The lowest BCUT2D eigenvalue weighted by Crippen LogP contribution is -2.32. The van der Waals surface area contributed by atoms with E-state index in [1.54, 1.807) is 12.1 Å². The van der Waals surface area contributed by atoms with Gasteiger partial charge in [0.2, 0.25) is 0 Å². The van der Waals surface area contributed by atoms with Crippen LogP contribution in [-0.4, -0.2) is 28.0 Å². The van der Waals surface area contributed by atoms with Crippen molar-refractivity contribution in [3.63, 3.8) is 0 Å². The van der Waals surface area contributed by atoms with Crippen LogP contribution in [0.2, 0.25) is 0 Å². The van der Waals surface area contributed by atoms with E-state index in [0.717, 1.165) is 36.7 Å². The minimum Gasteiger partial charge on any atom is -0.341 e. The number of nitrogens with one attached hydrogen (secondary N) is 1. The fourth-order valence-electron chi connectivity index (χ4n) is 3.58. The minimum atomic E-state index is -0.225. The van der Waals surface area contributed by atoms with E-state index in [1.165, 1.54) is 30.5 Å². The number of H-pyrrole nitrogens is 1. The molecule has 0 spiro atoms. The topological polar surface area (TPSA) is 31.9 Å². The highest BCUT2D eigenvalue weighted by Gasteiger charge is 2.20. The molecule has 0 bridgehead atoms. The van der Waals surface area contributed by atoms with Crippen molar-refractivity contribution in [3.8, 4) is 11.4 Å². The number of piperidine rings is 1. The molecule has 1 N–H and O–H groups in total. The SMILES string of the molecule is Fc1ccc(-c2ncc(CN3CCC(c4ccccc4)CC3)[nH]2)cc1. The fourth-order valence-corrected chi connectivity index (χ4v) is 3.58. The molecule has 0 saturated carbocycles. The molecular formula is C21H22FN3. The Morgan fingerprint density at radius 3 is 2.44 bits per heavy atom. The van der Waals surface area contributed by atoms with Gasteiger partial charge in [0.1, 0.15) is 11.6 Å². The molecule has 0 amide bonds. The quantitative estimate of drug-likeness (QED) is 0.756. The highest BCUT2D eigenvalue weighted by molar-refractivity contribution is 5.54. The van der Waals surface area contributed by atoms with Crippen molar-refractivity contribution in [3.05, 3.63) is 77.9 Å². The van der Waals surface area contributed by atoms with Gasteiger partial charge < -0.3 is 4.98 Å².